The van der Waals surface area contributed by atoms with Crippen LogP contribution in [0.5, 0.6) is 5.75 Å². The Bertz CT molecular complexity index is 662. The summed E-state index contributed by atoms with van der Waals surface area (Å²) in [5.41, 5.74) is 1.96. The molecule has 1 aromatic carbocycles. The molecule has 0 N–H and O–H groups in total. The van der Waals surface area contributed by atoms with Crippen LogP contribution in [0.25, 0.3) is 11.3 Å². The van der Waals surface area contributed by atoms with Gasteiger partial charge in [-0.3, -0.25) is 4.98 Å². The summed E-state index contributed by atoms with van der Waals surface area (Å²) < 4.78 is 5.65. The van der Waals surface area contributed by atoms with Crippen LogP contribution in [0.2, 0.25) is 0 Å². The van der Waals surface area contributed by atoms with E-state index in [9.17, 15) is 0 Å². The lowest BCUT2D eigenvalue weighted by molar-refractivity contribution is 0.308. The van der Waals surface area contributed by atoms with Crippen molar-refractivity contribution < 1.29 is 4.74 Å². The molecular weight excluding hydrogens is 270 g/mol. The molecule has 2 aromatic rings. The van der Waals surface area contributed by atoms with E-state index in [0.29, 0.717) is 17.5 Å². The van der Waals surface area contributed by atoms with Crippen molar-refractivity contribution in [3.8, 4) is 23.2 Å². The van der Waals surface area contributed by atoms with Crippen molar-refractivity contribution in [2.24, 2.45) is 0 Å². The van der Waals surface area contributed by atoms with E-state index in [0.717, 1.165) is 11.3 Å². The Hall–Kier alpha value is -2.45. The summed E-state index contributed by atoms with van der Waals surface area (Å²) >= 11 is 1.53. The first-order chi connectivity index (χ1) is 9.86. The van der Waals surface area contributed by atoms with E-state index in [2.05, 4.69) is 11.2 Å². The zero-order valence-corrected chi connectivity index (χ0v) is 11.4. The molecule has 1 aromatic heterocycles. The van der Waals surface area contributed by atoms with Crippen LogP contribution in [-0.2, 0) is 0 Å². The summed E-state index contributed by atoms with van der Waals surface area (Å²) in [5, 5.41) is 10.8. The molecule has 1 aliphatic rings. The van der Waals surface area contributed by atoms with Gasteiger partial charge in [0.25, 0.3) is 0 Å². The Labute approximate surface area is 121 Å². The lowest BCUT2D eigenvalue weighted by atomic mass is 10.1. The van der Waals surface area contributed by atoms with Gasteiger partial charge in [0.05, 0.1) is 17.8 Å². The van der Waals surface area contributed by atoms with Crippen molar-refractivity contribution in [2.75, 3.05) is 5.88 Å². The predicted octanol–water partition coefficient (Wildman–Crippen LogP) is 3.41. The number of aromatic nitrogens is 1. The summed E-state index contributed by atoms with van der Waals surface area (Å²) in [4.78, 5) is 5.88. The van der Waals surface area contributed by atoms with Crippen LogP contribution in [0.3, 0.4) is 0 Å². The van der Waals surface area contributed by atoms with E-state index in [-0.39, 0.29) is 0 Å². The highest BCUT2D eigenvalue weighted by atomic mass is 32.2. The van der Waals surface area contributed by atoms with Crippen molar-refractivity contribution in [3.63, 3.8) is 0 Å². The molecule has 0 fully saturated rings. The highest BCUT2D eigenvalue weighted by Crippen LogP contribution is 2.26. The Kier molecular flexibility index (Phi) is 3.57. The SMILES string of the molecule is N#CN1CSC=C1Oc1ccc(-c2ccccc2)nc1. The molecule has 0 spiro atoms. The molecule has 0 atom stereocenters. The fourth-order valence-corrected chi connectivity index (χ4v) is 2.54. The predicted molar refractivity (Wildman–Crippen MR) is 78.3 cm³/mol. The Morgan fingerprint density at radius 1 is 1.20 bits per heavy atom. The van der Waals surface area contributed by atoms with Crippen LogP contribution in [0.1, 0.15) is 0 Å². The number of pyridine rings is 1. The minimum atomic E-state index is 0.548. The molecule has 20 heavy (non-hydrogen) atoms. The van der Waals surface area contributed by atoms with Crippen LogP contribution >= 0.6 is 11.8 Å². The van der Waals surface area contributed by atoms with Crippen molar-refractivity contribution in [1.29, 1.82) is 5.26 Å². The molecule has 4 nitrogen and oxygen atoms in total. The normalized spacial score (nSPS) is 13.8. The number of rotatable bonds is 3. The second-order valence-corrected chi connectivity index (χ2v) is 4.95. The van der Waals surface area contributed by atoms with Crippen LogP contribution < -0.4 is 4.74 Å². The van der Waals surface area contributed by atoms with Crippen molar-refractivity contribution in [3.05, 3.63) is 60.0 Å². The molecule has 0 amide bonds. The number of hydrogen-bond acceptors (Lipinski definition) is 5. The van der Waals surface area contributed by atoms with Gasteiger partial charge in [-0.25, -0.2) is 4.90 Å². The molecule has 0 aliphatic carbocycles. The zero-order chi connectivity index (χ0) is 13.8. The molecule has 1 aliphatic heterocycles. The maximum Gasteiger partial charge on any atom is 0.216 e. The van der Waals surface area contributed by atoms with E-state index in [1.807, 2.05) is 47.9 Å². The lowest BCUT2D eigenvalue weighted by Crippen LogP contribution is -2.15. The van der Waals surface area contributed by atoms with Crippen molar-refractivity contribution in [1.82, 2.24) is 9.88 Å². The fourth-order valence-electron chi connectivity index (χ4n) is 1.81. The topological polar surface area (TPSA) is 49.2 Å². The van der Waals surface area contributed by atoms with Gasteiger partial charge in [0, 0.05) is 11.0 Å². The van der Waals surface area contributed by atoms with Gasteiger partial charge in [-0.05, 0) is 12.1 Å². The quantitative estimate of drug-likeness (QED) is 0.807. The first-order valence-corrected chi connectivity index (χ1v) is 7.10. The number of thioether (sulfide) groups is 1. The first kappa shape index (κ1) is 12.6. The van der Waals surface area contributed by atoms with E-state index in [1.54, 1.807) is 6.20 Å². The Morgan fingerprint density at radius 2 is 2.05 bits per heavy atom. The summed E-state index contributed by atoms with van der Waals surface area (Å²) in [7, 11) is 0. The first-order valence-electron chi connectivity index (χ1n) is 6.05. The maximum absolute atomic E-state index is 8.93. The van der Waals surface area contributed by atoms with Crippen LogP contribution in [0.4, 0.5) is 0 Å². The molecule has 0 bridgehead atoms. The Morgan fingerprint density at radius 3 is 2.75 bits per heavy atom. The number of nitriles is 1. The Balaban J connectivity index is 1.76. The third-order valence-corrected chi connectivity index (χ3v) is 3.58. The molecule has 0 radical (unpaired) electrons. The molecule has 3 rings (SSSR count). The highest BCUT2D eigenvalue weighted by Gasteiger charge is 2.17. The average Bonchev–Trinajstić information content (AvgIpc) is 2.96. The number of ether oxygens (including phenoxy) is 1. The van der Waals surface area contributed by atoms with Gasteiger partial charge >= 0.3 is 0 Å². The monoisotopic (exact) mass is 281 g/mol. The van der Waals surface area contributed by atoms with Gasteiger partial charge in [-0.15, -0.1) is 11.8 Å². The minimum absolute atomic E-state index is 0.548. The second-order valence-electron chi connectivity index (χ2n) is 4.13. The average molecular weight is 281 g/mol. The largest absolute Gasteiger partial charge is 0.438 e. The number of benzene rings is 1. The second kappa shape index (κ2) is 5.68. The zero-order valence-electron chi connectivity index (χ0n) is 10.6. The summed E-state index contributed by atoms with van der Waals surface area (Å²) in [6.07, 6.45) is 3.74. The standard InChI is InChI=1S/C15H11N3OS/c16-10-18-11-20-9-15(18)19-13-6-7-14(17-8-13)12-4-2-1-3-5-12/h1-9H,11H2. The van der Waals surface area contributed by atoms with Crippen molar-refractivity contribution >= 4 is 11.8 Å². The van der Waals surface area contributed by atoms with Crippen LogP contribution in [0, 0.1) is 11.5 Å². The molecule has 5 heteroatoms. The summed E-state index contributed by atoms with van der Waals surface area (Å²) in [5.74, 6) is 1.77. The fraction of sp³-hybridized carbons (Fsp3) is 0.0667. The molecule has 0 unspecified atom stereocenters. The molecular formula is C15H11N3OS. The van der Waals surface area contributed by atoms with E-state index in [4.69, 9.17) is 10.00 Å². The van der Waals surface area contributed by atoms with E-state index < -0.39 is 0 Å². The van der Waals surface area contributed by atoms with E-state index >= 15 is 0 Å². The van der Waals surface area contributed by atoms with Crippen molar-refractivity contribution in [2.45, 2.75) is 0 Å². The maximum atomic E-state index is 8.93. The summed E-state index contributed by atoms with van der Waals surface area (Å²) in [6, 6.07) is 13.7. The third kappa shape index (κ3) is 2.60. The van der Waals surface area contributed by atoms with Crippen LogP contribution in [-0.4, -0.2) is 15.8 Å². The lowest BCUT2D eigenvalue weighted by Gasteiger charge is -2.12. The van der Waals surface area contributed by atoms with Gasteiger partial charge in [0.2, 0.25) is 5.88 Å². The molecule has 2 heterocycles. The van der Waals surface area contributed by atoms with E-state index in [1.165, 1.54) is 16.7 Å². The van der Waals surface area contributed by atoms with Gasteiger partial charge in [0.1, 0.15) is 5.75 Å². The number of hydrogen-bond donors (Lipinski definition) is 0. The third-order valence-electron chi connectivity index (χ3n) is 2.80. The van der Waals surface area contributed by atoms with Crippen LogP contribution in [0.15, 0.2) is 60.0 Å². The molecule has 0 saturated heterocycles. The van der Waals surface area contributed by atoms with Gasteiger partial charge < -0.3 is 4.74 Å². The van der Waals surface area contributed by atoms with Gasteiger partial charge in [-0.1, -0.05) is 30.3 Å². The summed E-state index contributed by atoms with van der Waals surface area (Å²) in [6.45, 7) is 0. The highest BCUT2D eigenvalue weighted by molar-refractivity contribution is 8.02. The molecule has 98 valence electrons. The minimum Gasteiger partial charge on any atom is -0.438 e. The smallest absolute Gasteiger partial charge is 0.216 e. The van der Waals surface area contributed by atoms with Gasteiger partial charge in [0.15, 0.2) is 6.19 Å². The molecule has 0 saturated carbocycles. The van der Waals surface area contributed by atoms with Gasteiger partial charge in [-0.2, -0.15) is 5.26 Å². The number of nitrogens with zero attached hydrogens (tertiary/aromatic N) is 3.